The molecule has 4 atom stereocenters. The number of hydrogen-bond acceptors (Lipinski definition) is 2. The molecule has 2 heteroatoms. The standard InChI is InChI=1S/C16H31NO/c1-3-8-16(18)14(4-2)17-12-7-10-13-9-5-6-11-15(13)17/h13-16,18H,3-12H2,1-2H3. The zero-order chi connectivity index (χ0) is 13.0. The van der Waals surface area contributed by atoms with Gasteiger partial charge in [-0.2, -0.15) is 0 Å². The van der Waals surface area contributed by atoms with E-state index in [1.54, 1.807) is 0 Å². The summed E-state index contributed by atoms with van der Waals surface area (Å²) in [6, 6.07) is 1.19. The van der Waals surface area contributed by atoms with Crippen molar-refractivity contribution in [3.05, 3.63) is 0 Å². The van der Waals surface area contributed by atoms with E-state index in [4.69, 9.17) is 0 Å². The van der Waals surface area contributed by atoms with Gasteiger partial charge in [-0.1, -0.05) is 33.1 Å². The molecule has 2 fully saturated rings. The third kappa shape index (κ3) is 3.08. The second-order valence-corrected chi connectivity index (χ2v) is 6.32. The Morgan fingerprint density at radius 1 is 1.11 bits per heavy atom. The molecular formula is C16H31NO. The molecule has 2 rings (SSSR count). The highest BCUT2D eigenvalue weighted by Crippen LogP contribution is 2.37. The Balaban J connectivity index is 2.03. The van der Waals surface area contributed by atoms with Crippen molar-refractivity contribution in [1.82, 2.24) is 4.90 Å². The van der Waals surface area contributed by atoms with Gasteiger partial charge < -0.3 is 5.11 Å². The fourth-order valence-corrected chi connectivity index (χ4v) is 4.29. The maximum Gasteiger partial charge on any atom is 0.0695 e. The van der Waals surface area contributed by atoms with E-state index < -0.39 is 0 Å². The average molecular weight is 253 g/mol. The highest BCUT2D eigenvalue weighted by molar-refractivity contribution is 4.92. The lowest BCUT2D eigenvalue weighted by molar-refractivity contribution is -0.0310. The molecule has 0 aromatic heterocycles. The number of likely N-dealkylation sites (tertiary alicyclic amines) is 1. The van der Waals surface area contributed by atoms with E-state index in [0.717, 1.165) is 31.2 Å². The van der Waals surface area contributed by atoms with Crippen LogP contribution in [0.3, 0.4) is 0 Å². The van der Waals surface area contributed by atoms with Crippen LogP contribution < -0.4 is 0 Å². The van der Waals surface area contributed by atoms with E-state index in [-0.39, 0.29) is 6.10 Å². The number of fused-ring (bicyclic) bond motifs is 1. The van der Waals surface area contributed by atoms with E-state index in [0.29, 0.717) is 6.04 Å². The number of piperidine rings is 1. The molecule has 0 aromatic rings. The molecule has 1 saturated carbocycles. The topological polar surface area (TPSA) is 23.5 Å². The van der Waals surface area contributed by atoms with E-state index in [1.807, 2.05) is 0 Å². The monoisotopic (exact) mass is 253 g/mol. The number of aliphatic hydroxyl groups excluding tert-OH is 1. The second-order valence-electron chi connectivity index (χ2n) is 6.32. The fourth-order valence-electron chi connectivity index (χ4n) is 4.29. The Morgan fingerprint density at radius 3 is 2.56 bits per heavy atom. The fraction of sp³-hybridized carbons (Fsp3) is 1.00. The number of aliphatic hydroxyl groups is 1. The number of nitrogens with zero attached hydrogens (tertiary/aromatic N) is 1. The maximum absolute atomic E-state index is 10.4. The third-order valence-corrected chi connectivity index (χ3v) is 5.16. The van der Waals surface area contributed by atoms with E-state index in [1.165, 1.54) is 45.1 Å². The van der Waals surface area contributed by atoms with Crippen LogP contribution in [0.4, 0.5) is 0 Å². The van der Waals surface area contributed by atoms with Crippen LogP contribution >= 0.6 is 0 Å². The first-order valence-electron chi connectivity index (χ1n) is 8.21. The van der Waals surface area contributed by atoms with E-state index >= 15 is 0 Å². The molecule has 0 spiro atoms. The lowest BCUT2D eigenvalue weighted by Gasteiger charge is -2.48. The van der Waals surface area contributed by atoms with Gasteiger partial charge in [-0.3, -0.25) is 4.90 Å². The van der Waals surface area contributed by atoms with Crippen molar-refractivity contribution >= 4 is 0 Å². The minimum Gasteiger partial charge on any atom is -0.391 e. The van der Waals surface area contributed by atoms with Gasteiger partial charge >= 0.3 is 0 Å². The highest BCUT2D eigenvalue weighted by atomic mass is 16.3. The van der Waals surface area contributed by atoms with E-state index in [9.17, 15) is 5.11 Å². The van der Waals surface area contributed by atoms with Crippen molar-refractivity contribution in [2.75, 3.05) is 6.54 Å². The summed E-state index contributed by atoms with van der Waals surface area (Å²) in [5, 5.41) is 10.4. The predicted molar refractivity (Wildman–Crippen MR) is 76.7 cm³/mol. The zero-order valence-corrected chi connectivity index (χ0v) is 12.3. The number of rotatable bonds is 5. The van der Waals surface area contributed by atoms with Crippen LogP contribution in [-0.2, 0) is 0 Å². The van der Waals surface area contributed by atoms with Gasteiger partial charge in [0.2, 0.25) is 0 Å². The maximum atomic E-state index is 10.4. The summed E-state index contributed by atoms with van der Waals surface area (Å²) in [5.41, 5.74) is 0. The van der Waals surface area contributed by atoms with Crippen LogP contribution in [0.1, 0.15) is 71.6 Å². The van der Waals surface area contributed by atoms with Crippen LogP contribution in [0.5, 0.6) is 0 Å². The Labute approximate surface area is 113 Å². The summed E-state index contributed by atoms with van der Waals surface area (Å²) < 4.78 is 0. The molecule has 106 valence electrons. The summed E-state index contributed by atoms with van der Waals surface area (Å²) in [6.07, 6.45) is 11.5. The highest BCUT2D eigenvalue weighted by Gasteiger charge is 2.37. The molecule has 1 aliphatic carbocycles. The first kappa shape index (κ1) is 14.3. The van der Waals surface area contributed by atoms with Crippen molar-refractivity contribution in [3.8, 4) is 0 Å². The average Bonchev–Trinajstić information content (AvgIpc) is 2.40. The van der Waals surface area contributed by atoms with Crippen molar-refractivity contribution < 1.29 is 5.11 Å². The van der Waals surface area contributed by atoms with Crippen LogP contribution in [0.2, 0.25) is 0 Å². The molecule has 0 bridgehead atoms. The molecule has 0 radical (unpaired) electrons. The van der Waals surface area contributed by atoms with Gasteiger partial charge in [0.25, 0.3) is 0 Å². The lowest BCUT2D eigenvalue weighted by atomic mass is 9.77. The SMILES string of the molecule is CCCC(O)C(CC)N1CCCC2CCCCC21. The van der Waals surface area contributed by atoms with Crippen LogP contribution in [0.25, 0.3) is 0 Å². The molecule has 4 unspecified atom stereocenters. The molecule has 2 aliphatic rings. The van der Waals surface area contributed by atoms with Gasteiger partial charge in [0, 0.05) is 12.1 Å². The van der Waals surface area contributed by atoms with Gasteiger partial charge in [0.1, 0.15) is 0 Å². The smallest absolute Gasteiger partial charge is 0.0695 e. The summed E-state index contributed by atoms with van der Waals surface area (Å²) in [7, 11) is 0. The third-order valence-electron chi connectivity index (χ3n) is 5.16. The number of hydrogen-bond donors (Lipinski definition) is 1. The van der Waals surface area contributed by atoms with Crippen molar-refractivity contribution in [2.45, 2.75) is 89.8 Å². The van der Waals surface area contributed by atoms with Crippen molar-refractivity contribution in [2.24, 2.45) is 5.92 Å². The molecule has 1 heterocycles. The van der Waals surface area contributed by atoms with Gasteiger partial charge in [-0.05, 0) is 51.0 Å². The Hall–Kier alpha value is -0.0800. The van der Waals surface area contributed by atoms with Gasteiger partial charge in [0.15, 0.2) is 0 Å². The summed E-state index contributed by atoms with van der Waals surface area (Å²) >= 11 is 0. The minimum absolute atomic E-state index is 0.110. The minimum atomic E-state index is -0.110. The van der Waals surface area contributed by atoms with Gasteiger partial charge in [0.05, 0.1) is 6.10 Å². The van der Waals surface area contributed by atoms with Crippen LogP contribution in [-0.4, -0.2) is 34.7 Å². The molecule has 1 saturated heterocycles. The molecule has 1 aliphatic heterocycles. The largest absolute Gasteiger partial charge is 0.391 e. The predicted octanol–water partition coefficient (Wildman–Crippen LogP) is 3.58. The summed E-state index contributed by atoms with van der Waals surface area (Å²) in [6.45, 7) is 5.64. The molecule has 18 heavy (non-hydrogen) atoms. The Kier molecular flexibility index (Phi) is 5.50. The van der Waals surface area contributed by atoms with Crippen LogP contribution in [0, 0.1) is 5.92 Å². The Bertz CT molecular complexity index is 241. The van der Waals surface area contributed by atoms with Gasteiger partial charge in [-0.15, -0.1) is 0 Å². The molecule has 1 N–H and O–H groups in total. The molecule has 0 aromatic carbocycles. The lowest BCUT2D eigenvalue weighted by Crippen LogP contribution is -2.55. The quantitative estimate of drug-likeness (QED) is 0.809. The second kappa shape index (κ2) is 6.91. The van der Waals surface area contributed by atoms with E-state index in [2.05, 4.69) is 18.7 Å². The van der Waals surface area contributed by atoms with Crippen molar-refractivity contribution in [3.63, 3.8) is 0 Å². The molecule has 2 nitrogen and oxygen atoms in total. The summed E-state index contributed by atoms with van der Waals surface area (Å²) in [4.78, 5) is 2.69. The van der Waals surface area contributed by atoms with Gasteiger partial charge in [-0.25, -0.2) is 0 Å². The summed E-state index contributed by atoms with van der Waals surface area (Å²) in [5.74, 6) is 0.926. The zero-order valence-electron chi connectivity index (χ0n) is 12.3. The van der Waals surface area contributed by atoms with Crippen molar-refractivity contribution in [1.29, 1.82) is 0 Å². The molecule has 0 amide bonds. The van der Waals surface area contributed by atoms with Crippen LogP contribution in [0.15, 0.2) is 0 Å². The first-order valence-corrected chi connectivity index (χ1v) is 8.21. The molecular weight excluding hydrogens is 222 g/mol. The first-order chi connectivity index (χ1) is 8.77. The Morgan fingerprint density at radius 2 is 1.83 bits per heavy atom. The normalized spacial score (nSPS) is 32.8.